The molecule has 0 saturated heterocycles. The predicted molar refractivity (Wildman–Crippen MR) is 89.6 cm³/mol. The fourth-order valence-corrected chi connectivity index (χ4v) is 3.66. The van der Waals surface area contributed by atoms with Crippen molar-refractivity contribution in [1.82, 2.24) is 4.98 Å². The van der Waals surface area contributed by atoms with Crippen molar-refractivity contribution in [1.29, 1.82) is 0 Å². The van der Waals surface area contributed by atoms with E-state index in [0.717, 1.165) is 21.3 Å². The molecule has 0 saturated carbocycles. The van der Waals surface area contributed by atoms with Crippen molar-refractivity contribution in [2.75, 3.05) is 19.0 Å². The number of hydrogen-bond acceptors (Lipinski definition) is 5. The largest absolute Gasteiger partial charge is 0.354 e. The van der Waals surface area contributed by atoms with Gasteiger partial charge in [0.05, 0.1) is 10.6 Å². The molecule has 0 amide bonds. The Bertz CT molecular complexity index is 746. The molecule has 21 heavy (non-hydrogen) atoms. The van der Waals surface area contributed by atoms with Crippen LogP contribution < -0.4 is 4.90 Å². The van der Waals surface area contributed by atoms with Crippen LogP contribution in [0.2, 0.25) is 0 Å². The second kappa shape index (κ2) is 5.79. The maximum absolute atomic E-state index is 12.7. The Morgan fingerprint density at radius 3 is 2.48 bits per heavy atom. The number of benzene rings is 1. The lowest BCUT2D eigenvalue weighted by molar-refractivity contribution is 0.104. The third-order valence-electron chi connectivity index (χ3n) is 3.00. The number of carbonyl (C=O) groups is 1. The van der Waals surface area contributed by atoms with Crippen LogP contribution >= 0.6 is 22.7 Å². The van der Waals surface area contributed by atoms with E-state index in [0.29, 0.717) is 4.88 Å². The zero-order chi connectivity index (χ0) is 14.8. The van der Waals surface area contributed by atoms with Gasteiger partial charge in [-0.3, -0.25) is 4.79 Å². The molecule has 0 bridgehead atoms. The number of aromatic nitrogens is 1. The van der Waals surface area contributed by atoms with Gasteiger partial charge in [0.15, 0.2) is 5.13 Å². The second-order valence-electron chi connectivity index (χ2n) is 4.74. The molecule has 0 unspecified atom stereocenters. The van der Waals surface area contributed by atoms with E-state index >= 15 is 0 Å². The second-order valence-corrected chi connectivity index (χ2v) is 6.67. The minimum absolute atomic E-state index is 0.0504. The zero-order valence-electron chi connectivity index (χ0n) is 11.7. The van der Waals surface area contributed by atoms with Gasteiger partial charge in [0.1, 0.15) is 4.88 Å². The molecule has 5 heteroatoms. The molecule has 0 spiro atoms. The summed E-state index contributed by atoms with van der Waals surface area (Å²) >= 11 is 2.90. The lowest BCUT2D eigenvalue weighted by Gasteiger charge is -2.05. The topological polar surface area (TPSA) is 33.2 Å². The zero-order valence-corrected chi connectivity index (χ0v) is 13.4. The van der Waals surface area contributed by atoms with Gasteiger partial charge in [-0.25, -0.2) is 4.98 Å². The van der Waals surface area contributed by atoms with Gasteiger partial charge in [0.2, 0.25) is 5.78 Å². The Balaban J connectivity index is 2.13. The van der Waals surface area contributed by atoms with Crippen LogP contribution in [0, 0.1) is 0 Å². The van der Waals surface area contributed by atoms with Gasteiger partial charge in [-0.1, -0.05) is 47.7 Å². The number of thiophene rings is 1. The summed E-state index contributed by atoms with van der Waals surface area (Å²) in [5, 5.41) is 2.76. The van der Waals surface area contributed by atoms with E-state index in [1.54, 1.807) is 0 Å². The highest BCUT2D eigenvalue weighted by Gasteiger charge is 2.21. The highest BCUT2D eigenvalue weighted by molar-refractivity contribution is 7.19. The van der Waals surface area contributed by atoms with Crippen LogP contribution in [0.4, 0.5) is 5.13 Å². The van der Waals surface area contributed by atoms with Crippen LogP contribution in [0.15, 0.2) is 47.8 Å². The highest BCUT2D eigenvalue weighted by Crippen LogP contribution is 2.34. The summed E-state index contributed by atoms with van der Waals surface area (Å²) in [4.78, 5) is 20.7. The Morgan fingerprint density at radius 2 is 1.86 bits per heavy atom. The summed E-state index contributed by atoms with van der Waals surface area (Å²) in [6, 6.07) is 13.6. The van der Waals surface area contributed by atoms with Crippen molar-refractivity contribution < 1.29 is 4.79 Å². The van der Waals surface area contributed by atoms with Crippen molar-refractivity contribution in [3.8, 4) is 11.3 Å². The predicted octanol–water partition coefficient (Wildman–Crippen LogP) is 4.17. The van der Waals surface area contributed by atoms with Crippen molar-refractivity contribution in [3.63, 3.8) is 0 Å². The molecule has 0 atom stereocenters. The Morgan fingerprint density at radius 1 is 1.10 bits per heavy atom. The number of carbonyl (C=O) groups excluding carboxylic acids is 1. The summed E-state index contributed by atoms with van der Waals surface area (Å²) in [5.41, 5.74) is 1.74. The van der Waals surface area contributed by atoms with E-state index in [-0.39, 0.29) is 5.78 Å². The molecule has 1 aromatic carbocycles. The fraction of sp³-hybridized carbons (Fsp3) is 0.125. The van der Waals surface area contributed by atoms with Gasteiger partial charge in [0.25, 0.3) is 0 Å². The average molecular weight is 314 g/mol. The summed E-state index contributed by atoms with van der Waals surface area (Å²) in [5.74, 6) is 0.0504. The SMILES string of the molecule is CN(C)c1nc(-c2ccccc2)c(C(=O)c2cccs2)s1. The average Bonchev–Trinajstić information content (AvgIpc) is 3.17. The number of thiazole rings is 1. The van der Waals surface area contributed by atoms with Crippen LogP contribution in [0.5, 0.6) is 0 Å². The first-order valence-corrected chi connectivity index (χ1v) is 8.18. The van der Waals surface area contributed by atoms with E-state index in [1.807, 2.05) is 66.8 Å². The van der Waals surface area contributed by atoms with Crippen LogP contribution in [0.3, 0.4) is 0 Å². The van der Waals surface area contributed by atoms with E-state index in [9.17, 15) is 4.79 Å². The van der Waals surface area contributed by atoms with Crippen molar-refractivity contribution in [2.45, 2.75) is 0 Å². The Kier molecular flexibility index (Phi) is 3.86. The summed E-state index contributed by atoms with van der Waals surface area (Å²) in [7, 11) is 3.88. The van der Waals surface area contributed by atoms with Crippen molar-refractivity contribution >= 4 is 33.6 Å². The monoisotopic (exact) mass is 314 g/mol. The lowest BCUT2D eigenvalue weighted by atomic mass is 10.1. The van der Waals surface area contributed by atoms with Crippen LogP contribution in [-0.2, 0) is 0 Å². The number of anilines is 1. The number of hydrogen-bond donors (Lipinski definition) is 0. The minimum Gasteiger partial charge on any atom is -0.354 e. The first-order valence-electron chi connectivity index (χ1n) is 6.48. The third-order valence-corrected chi connectivity index (χ3v) is 5.09. The van der Waals surface area contributed by atoms with Gasteiger partial charge in [-0.15, -0.1) is 11.3 Å². The number of rotatable bonds is 4. The molecule has 106 valence electrons. The van der Waals surface area contributed by atoms with Crippen molar-refractivity contribution in [2.24, 2.45) is 0 Å². The lowest BCUT2D eigenvalue weighted by Crippen LogP contribution is -2.07. The molecular weight excluding hydrogens is 300 g/mol. The normalized spacial score (nSPS) is 10.6. The molecule has 0 fully saturated rings. The summed E-state index contributed by atoms with van der Waals surface area (Å²) in [6.07, 6.45) is 0. The molecular formula is C16H14N2OS2. The molecule has 0 aliphatic carbocycles. The molecule has 2 heterocycles. The number of nitrogens with zero attached hydrogens (tertiary/aromatic N) is 2. The standard InChI is InChI=1S/C16H14N2OS2/c1-18(2)16-17-13(11-7-4-3-5-8-11)15(21-16)14(19)12-9-6-10-20-12/h3-10H,1-2H3. The maximum Gasteiger partial charge on any atom is 0.215 e. The molecule has 0 aliphatic rings. The van der Waals surface area contributed by atoms with E-state index in [2.05, 4.69) is 4.98 Å². The van der Waals surface area contributed by atoms with Crippen LogP contribution in [0.25, 0.3) is 11.3 Å². The molecule has 3 nitrogen and oxygen atoms in total. The summed E-state index contributed by atoms with van der Waals surface area (Å²) in [6.45, 7) is 0. The van der Waals surface area contributed by atoms with Gasteiger partial charge in [0, 0.05) is 19.7 Å². The highest BCUT2D eigenvalue weighted by atomic mass is 32.1. The van der Waals surface area contributed by atoms with Gasteiger partial charge >= 0.3 is 0 Å². The van der Waals surface area contributed by atoms with Crippen molar-refractivity contribution in [3.05, 3.63) is 57.6 Å². The van der Waals surface area contributed by atoms with Crippen LogP contribution in [0.1, 0.15) is 14.5 Å². The Labute approximate surface area is 131 Å². The van der Waals surface area contributed by atoms with E-state index < -0.39 is 0 Å². The van der Waals surface area contributed by atoms with Crippen LogP contribution in [-0.4, -0.2) is 24.9 Å². The van der Waals surface area contributed by atoms with E-state index in [1.165, 1.54) is 22.7 Å². The minimum atomic E-state index is 0.0504. The van der Waals surface area contributed by atoms with Gasteiger partial charge in [-0.05, 0) is 11.4 Å². The molecule has 3 rings (SSSR count). The molecule has 0 aliphatic heterocycles. The van der Waals surface area contributed by atoms with E-state index in [4.69, 9.17) is 0 Å². The van der Waals surface area contributed by atoms with Gasteiger partial charge in [-0.2, -0.15) is 0 Å². The molecule has 0 N–H and O–H groups in total. The van der Waals surface area contributed by atoms with Gasteiger partial charge < -0.3 is 4.90 Å². The first kappa shape index (κ1) is 14.0. The quantitative estimate of drug-likeness (QED) is 0.678. The number of ketones is 1. The molecule has 2 aromatic heterocycles. The fourth-order valence-electron chi connectivity index (χ4n) is 1.97. The molecule has 3 aromatic rings. The molecule has 0 radical (unpaired) electrons. The third kappa shape index (κ3) is 2.75. The smallest absolute Gasteiger partial charge is 0.215 e. The maximum atomic E-state index is 12.7. The summed E-state index contributed by atoms with van der Waals surface area (Å²) < 4.78 is 0. The first-order chi connectivity index (χ1) is 10.2. The Hall–Kier alpha value is -1.98.